The van der Waals surface area contributed by atoms with Gasteiger partial charge in [0.05, 0.1) is 0 Å². The van der Waals surface area contributed by atoms with E-state index >= 15 is 0 Å². The number of rotatable bonds is 1. The molecule has 1 fully saturated rings. The summed E-state index contributed by atoms with van der Waals surface area (Å²) in [7, 11) is 0. The molecule has 0 aliphatic heterocycles. The molecule has 3 heteroatoms. The first kappa shape index (κ1) is 10.4. The summed E-state index contributed by atoms with van der Waals surface area (Å²) in [5.41, 5.74) is 0.938. The third kappa shape index (κ3) is 3.83. The van der Waals surface area contributed by atoms with E-state index in [1.165, 1.54) is 29.0 Å². The van der Waals surface area contributed by atoms with Crippen molar-refractivity contribution in [2.75, 3.05) is 0 Å². The fourth-order valence-electron chi connectivity index (χ4n) is 1.69. The maximum absolute atomic E-state index is 12.5. The minimum atomic E-state index is -2.65. The Labute approximate surface area is 85.6 Å². The molecule has 0 unspecified atom stereocenters. The van der Waals surface area contributed by atoms with Gasteiger partial charge in [0, 0.05) is 22.6 Å². The van der Waals surface area contributed by atoms with E-state index < -0.39 is 3.93 Å². The van der Waals surface area contributed by atoms with Crippen LogP contribution in [0.1, 0.15) is 32.6 Å². The quantitative estimate of drug-likeness (QED) is 0.386. The number of alkyl halides is 3. The topological polar surface area (TPSA) is 0 Å². The second-order valence-corrected chi connectivity index (χ2v) is 4.98. The Morgan fingerprint density at radius 2 is 2.25 bits per heavy atom. The summed E-state index contributed by atoms with van der Waals surface area (Å²) in [4.78, 5) is 0. The Hall–Kier alpha value is 0.330. The van der Waals surface area contributed by atoms with Gasteiger partial charge < -0.3 is 0 Å². The summed E-state index contributed by atoms with van der Waals surface area (Å²) in [6.45, 7) is 2.12. The zero-order valence-corrected chi connectivity index (χ0v) is 9.27. The molecule has 70 valence electrons. The van der Waals surface area contributed by atoms with Gasteiger partial charge in [-0.3, -0.25) is 0 Å². The van der Waals surface area contributed by atoms with Crippen LogP contribution in [-0.4, -0.2) is 3.93 Å². The van der Waals surface area contributed by atoms with Crippen LogP contribution in [0.15, 0.2) is 11.6 Å². The third-order valence-electron chi connectivity index (χ3n) is 2.17. The van der Waals surface area contributed by atoms with E-state index in [1.807, 2.05) is 0 Å². The summed E-state index contributed by atoms with van der Waals surface area (Å²) in [5.74, 6) is 0.587. The minimum Gasteiger partial charge on any atom is -0.190 e. The van der Waals surface area contributed by atoms with Crippen molar-refractivity contribution in [2.24, 2.45) is 5.92 Å². The molecule has 1 saturated carbocycles. The smallest absolute Gasteiger partial charge is 0.190 e. The SMILES string of the molecule is C[C@@H]1CCC/C(=C\C(F)(F)I)C1. The van der Waals surface area contributed by atoms with Gasteiger partial charge in [0.25, 0.3) is 0 Å². The van der Waals surface area contributed by atoms with Gasteiger partial charge in [0.1, 0.15) is 0 Å². The largest absolute Gasteiger partial charge is 0.315 e. The molecule has 1 aliphatic carbocycles. The van der Waals surface area contributed by atoms with Crippen LogP contribution >= 0.6 is 22.6 Å². The molecular formula is C9H13F2I. The molecule has 0 aromatic carbocycles. The Morgan fingerprint density at radius 3 is 2.75 bits per heavy atom. The van der Waals surface area contributed by atoms with Crippen LogP contribution in [0.5, 0.6) is 0 Å². The fraction of sp³-hybridized carbons (Fsp3) is 0.778. The van der Waals surface area contributed by atoms with Gasteiger partial charge in [0.15, 0.2) is 0 Å². The van der Waals surface area contributed by atoms with Crippen LogP contribution in [0.25, 0.3) is 0 Å². The Kier molecular flexibility index (Phi) is 3.49. The molecule has 0 saturated heterocycles. The number of hydrogen-bond acceptors (Lipinski definition) is 0. The summed E-state index contributed by atoms with van der Waals surface area (Å²) in [6.07, 6.45) is 5.11. The first-order chi connectivity index (χ1) is 5.47. The van der Waals surface area contributed by atoms with Crippen molar-refractivity contribution < 1.29 is 8.78 Å². The maximum Gasteiger partial charge on any atom is 0.315 e. The molecule has 1 aliphatic rings. The van der Waals surface area contributed by atoms with Gasteiger partial charge in [-0.05, 0) is 31.3 Å². The van der Waals surface area contributed by atoms with Crippen molar-refractivity contribution in [3.63, 3.8) is 0 Å². The molecule has 0 heterocycles. The molecular weight excluding hydrogens is 273 g/mol. The highest BCUT2D eigenvalue weighted by Crippen LogP contribution is 2.33. The first-order valence-electron chi connectivity index (χ1n) is 4.25. The molecule has 0 radical (unpaired) electrons. The van der Waals surface area contributed by atoms with Crippen LogP contribution < -0.4 is 0 Å². The lowest BCUT2D eigenvalue weighted by atomic mass is 9.87. The summed E-state index contributed by atoms with van der Waals surface area (Å²) < 4.78 is 22.4. The van der Waals surface area contributed by atoms with Crippen LogP contribution in [0.4, 0.5) is 8.78 Å². The van der Waals surface area contributed by atoms with E-state index in [9.17, 15) is 8.78 Å². The van der Waals surface area contributed by atoms with Crippen molar-refractivity contribution in [2.45, 2.75) is 36.5 Å². The van der Waals surface area contributed by atoms with Gasteiger partial charge in [-0.25, -0.2) is 0 Å². The van der Waals surface area contributed by atoms with Crippen molar-refractivity contribution >= 4 is 22.6 Å². The van der Waals surface area contributed by atoms with Gasteiger partial charge in [-0.2, -0.15) is 8.78 Å². The van der Waals surface area contributed by atoms with Gasteiger partial charge in [-0.15, -0.1) is 0 Å². The van der Waals surface area contributed by atoms with Crippen LogP contribution in [0.3, 0.4) is 0 Å². The Balaban J connectivity index is 2.56. The predicted molar refractivity (Wildman–Crippen MR) is 54.7 cm³/mol. The average Bonchev–Trinajstić information content (AvgIpc) is 1.82. The van der Waals surface area contributed by atoms with Crippen LogP contribution in [0.2, 0.25) is 0 Å². The van der Waals surface area contributed by atoms with Crippen molar-refractivity contribution in [3.8, 4) is 0 Å². The van der Waals surface area contributed by atoms with Crippen molar-refractivity contribution in [1.82, 2.24) is 0 Å². The molecule has 0 spiro atoms. The molecule has 0 N–H and O–H groups in total. The molecule has 1 rings (SSSR count). The lowest BCUT2D eigenvalue weighted by molar-refractivity contribution is 0.181. The summed E-state index contributed by atoms with van der Waals surface area (Å²) >= 11 is 1.18. The lowest BCUT2D eigenvalue weighted by Gasteiger charge is -2.21. The van der Waals surface area contributed by atoms with E-state index in [2.05, 4.69) is 6.92 Å². The summed E-state index contributed by atoms with van der Waals surface area (Å²) in [5, 5.41) is 0. The highest BCUT2D eigenvalue weighted by atomic mass is 127. The summed E-state index contributed by atoms with van der Waals surface area (Å²) in [6, 6.07) is 0. The van der Waals surface area contributed by atoms with E-state index in [4.69, 9.17) is 0 Å². The molecule has 1 atom stereocenters. The fourth-order valence-corrected chi connectivity index (χ4v) is 2.13. The van der Waals surface area contributed by atoms with Crippen LogP contribution in [-0.2, 0) is 0 Å². The van der Waals surface area contributed by atoms with E-state index in [-0.39, 0.29) is 0 Å². The zero-order chi connectivity index (χ0) is 9.19. The predicted octanol–water partition coefficient (Wildman–Crippen LogP) is 4.15. The molecule has 0 aromatic rings. The second-order valence-electron chi connectivity index (χ2n) is 3.55. The molecule has 0 amide bonds. The molecule has 0 bridgehead atoms. The highest BCUT2D eigenvalue weighted by Gasteiger charge is 2.22. The number of hydrogen-bond donors (Lipinski definition) is 0. The van der Waals surface area contributed by atoms with Crippen molar-refractivity contribution in [1.29, 1.82) is 0 Å². The number of allylic oxidation sites excluding steroid dienone is 2. The van der Waals surface area contributed by atoms with Gasteiger partial charge >= 0.3 is 3.93 Å². The van der Waals surface area contributed by atoms with Gasteiger partial charge in [0.2, 0.25) is 0 Å². The average molecular weight is 286 g/mol. The minimum absolute atomic E-state index is 0.587. The second kappa shape index (κ2) is 4.03. The lowest BCUT2D eigenvalue weighted by Crippen LogP contribution is -2.08. The first-order valence-corrected chi connectivity index (χ1v) is 5.32. The normalized spacial score (nSPS) is 29.3. The van der Waals surface area contributed by atoms with Gasteiger partial charge in [-0.1, -0.05) is 18.9 Å². The Morgan fingerprint density at radius 1 is 1.58 bits per heavy atom. The third-order valence-corrected chi connectivity index (χ3v) is 2.48. The molecule has 0 nitrogen and oxygen atoms in total. The highest BCUT2D eigenvalue weighted by molar-refractivity contribution is 14.1. The molecule has 0 aromatic heterocycles. The monoisotopic (exact) mass is 286 g/mol. The van der Waals surface area contributed by atoms with Crippen molar-refractivity contribution in [3.05, 3.63) is 11.6 Å². The molecule has 12 heavy (non-hydrogen) atoms. The van der Waals surface area contributed by atoms with Crippen LogP contribution in [0, 0.1) is 5.92 Å². The Bertz CT molecular complexity index is 181. The number of halogens is 3. The standard InChI is InChI=1S/C9H13F2I/c1-7-3-2-4-8(5-7)6-9(10,11)12/h6-7H,2-5H2,1H3/b8-6+/t7-/m1/s1. The maximum atomic E-state index is 12.5. The van der Waals surface area contributed by atoms with E-state index in [0.717, 1.165) is 30.9 Å². The zero-order valence-electron chi connectivity index (χ0n) is 7.12. The van der Waals surface area contributed by atoms with E-state index in [1.54, 1.807) is 0 Å². The van der Waals surface area contributed by atoms with E-state index in [0.29, 0.717) is 5.92 Å².